The standard InChI is InChI=1S/C21H21FN4O4S.3ClH/c1-31(29,30)24-15-4-7-19-17(12-15)18(21(27)28)13-20(23-19)26-10-8-25(9-11-26)16-5-2-14(22)3-6-16;;;/h2-7,12-13,24H,8-11H2,1H3,(H,27,28);3*1H. The second-order valence-corrected chi connectivity index (χ2v) is 9.14. The van der Waals surface area contributed by atoms with Gasteiger partial charge in [-0.1, -0.05) is 0 Å². The predicted molar refractivity (Wildman–Crippen MR) is 140 cm³/mol. The van der Waals surface area contributed by atoms with Gasteiger partial charge in [0.1, 0.15) is 11.6 Å². The van der Waals surface area contributed by atoms with E-state index in [0.29, 0.717) is 42.9 Å². The molecular formula is C21H24Cl3FN4O4S. The van der Waals surface area contributed by atoms with Crippen LogP contribution in [-0.2, 0) is 10.0 Å². The SMILES string of the molecule is CS(=O)(=O)Nc1ccc2nc(N3CCN(c4ccc(F)cc4)CC3)cc(C(=O)O)c2c1.Cl.Cl.Cl. The molecule has 2 heterocycles. The largest absolute Gasteiger partial charge is 0.478 e. The van der Waals surface area contributed by atoms with E-state index in [1.807, 2.05) is 4.90 Å². The molecule has 4 rings (SSSR count). The maximum Gasteiger partial charge on any atom is 0.336 e. The summed E-state index contributed by atoms with van der Waals surface area (Å²) in [4.78, 5) is 20.6. The minimum atomic E-state index is -3.49. The molecule has 34 heavy (non-hydrogen) atoms. The van der Waals surface area contributed by atoms with Crippen LogP contribution in [-0.4, -0.2) is 56.9 Å². The van der Waals surface area contributed by atoms with Crippen LogP contribution in [0.4, 0.5) is 21.6 Å². The molecule has 8 nitrogen and oxygen atoms in total. The van der Waals surface area contributed by atoms with Gasteiger partial charge in [-0.25, -0.2) is 22.6 Å². The Bertz CT molecular complexity index is 1250. The van der Waals surface area contributed by atoms with Crippen molar-refractivity contribution < 1.29 is 22.7 Å². The first kappa shape index (κ1) is 29.5. The number of hydrogen-bond donors (Lipinski definition) is 2. The summed E-state index contributed by atoms with van der Waals surface area (Å²) in [5.74, 6) is -0.846. The molecule has 1 aliphatic rings. The van der Waals surface area contributed by atoms with E-state index in [4.69, 9.17) is 0 Å². The molecule has 2 N–H and O–H groups in total. The minimum Gasteiger partial charge on any atom is -0.478 e. The highest BCUT2D eigenvalue weighted by atomic mass is 35.5. The highest BCUT2D eigenvalue weighted by molar-refractivity contribution is 7.92. The molecule has 1 fully saturated rings. The second-order valence-electron chi connectivity index (χ2n) is 7.39. The molecule has 0 atom stereocenters. The van der Waals surface area contributed by atoms with E-state index < -0.39 is 16.0 Å². The summed E-state index contributed by atoms with van der Waals surface area (Å²) in [6.07, 6.45) is 1.03. The monoisotopic (exact) mass is 552 g/mol. The lowest BCUT2D eigenvalue weighted by Crippen LogP contribution is -2.46. The number of aromatic nitrogens is 1. The van der Waals surface area contributed by atoms with E-state index in [-0.39, 0.29) is 54.3 Å². The van der Waals surface area contributed by atoms with Gasteiger partial charge in [0.05, 0.1) is 17.3 Å². The van der Waals surface area contributed by atoms with Gasteiger partial charge in [0.25, 0.3) is 0 Å². The van der Waals surface area contributed by atoms with Crippen LogP contribution in [0, 0.1) is 5.82 Å². The molecule has 2 aromatic carbocycles. The van der Waals surface area contributed by atoms with Crippen LogP contribution in [0.25, 0.3) is 10.9 Å². The summed E-state index contributed by atoms with van der Waals surface area (Å²) in [6, 6.07) is 12.5. The van der Waals surface area contributed by atoms with Gasteiger partial charge in [-0.05, 0) is 48.5 Å². The molecule has 0 aliphatic carbocycles. The molecule has 0 radical (unpaired) electrons. The summed E-state index contributed by atoms with van der Waals surface area (Å²) in [5, 5.41) is 10.1. The Kier molecular flexibility index (Phi) is 10.2. The third-order valence-corrected chi connectivity index (χ3v) is 5.73. The number of carbonyl (C=O) groups is 1. The number of nitrogens with one attached hydrogen (secondary N) is 1. The first-order valence-corrected chi connectivity index (χ1v) is 11.5. The van der Waals surface area contributed by atoms with Crippen molar-refractivity contribution in [1.82, 2.24) is 4.98 Å². The molecule has 1 saturated heterocycles. The Morgan fingerprint density at radius 3 is 2.12 bits per heavy atom. The van der Waals surface area contributed by atoms with Crippen molar-refractivity contribution in [3.05, 3.63) is 59.9 Å². The second kappa shape index (κ2) is 11.7. The van der Waals surface area contributed by atoms with Crippen molar-refractivity contribution in [2.75, 3.05) is 47.0 Å². The summed E-state index contributed by atoms with van der Waals surface area (Å²) in [7, 11) is -3.49. The fraction of sp³-hybridized carbons (Fsp3) is 0.238. The van der Waals surface area contributed by atoms with Crippen molar-refractivity contribution in [1.29, 1.82) is 0 Å². The molecule has 13 heteroatoms. The fourth-order valence-corrected chi connectivity index (χ4v) is 4.23. The number of rotatable bonds is 5. The van der Waals surface area contributed by atoms with Gasteiger partial charge in [0, 0.05) is 42.9 Å². The molecule has 0 saturated carbocycles. The number of halogens is 4. The number of carboxylic acid groups (broad SMARTS) is 1. The average Bonchev–Trinajstić information content (AvgIpc) is 2.72. The van der Waals surface area contributed by atoms with Crippen molar-refractivity contribution in [3.63, 3.8) is 0 Å². The zero-order valence-electron chi connectivity index (χ0n) is 18.0. The zero-order chi connectivity index (χ0) is 22.2. The number of hydrogen-bond acceptors (Lipinski definition) is 6. The Morgan fingerprint density at radius 2 is 1.56 bits per heavy atom. The maximum atomic E-state index is 13.2. The number of fused-ring (bicyclic) bond motifs is 1. The lowest BCUT2D eigenvalue weighted by Gasteiger charge is -2.37. The van der Waals surface area contributed by atoms with Crippen LogP contribution < -0.4 is 14.5 Å². The van der Waals surface area contributed by atoms with Gasteiger partial charge in [0.2, 0.25) is 10.0 Å². The number of anilines is 3. The number of piperazine rings is 1. The highest BCUT2D eigenvalue weighted by Gasteiger charge is 2.21. The van der Waals surface area contributed by atoms with Crippen LogP contribution in [0.15, 0.2) is 48.5 Å². The Morgan fingerprint density at radius 1 is 0.971 bits per heavy atom. The Hall–Kier alpha value is -2.53. The fourth-order valence-electron chi connectivity index (χ4n) is 3.67. The Labute approximate surface area is 215 Å². The van der Waals surface area contributed by atoms with Crippen molar-refractivity contribution in [3.8, 4) is 0 Å². The molecule has 0 unspecified atom stereocenters. The lowest BCUT2D eigenvalue weighted by atomic mass is 10.1. The summed E-state index contributed by atoms with van der Waals surface area (Å²) in [5.41, 5.74) is 1.73. The number of nitrogens with zero attached hydrogens (tertiary/aromatic N) is 3. The average molecular weight is 554 g/mol. The van der Waals surface area contributed by atoms with E-state index >= 15 is 0 Å². The van der Waals surface area contributed by atoms with Crippen LogP contribution in [0.1, 0.15) is 10.4 Å². The first-order valence-electron chi connectivity index (χ1n) is 9.61. The van der Waals surface area contributed by atoms with Gasteiger partial charge < -0.3 is 14.9 Å². The zero-order valence-corrected chi connectivity index (χ0v) is 21.2. The van der Waals surface area contributed by atoms with Crippen LogP contribution in [0.5, 0.6) is 0 Å². The lowest BCUT2D eigenvalue weighted by molar-refractivity contribution is 0.0699. The number of benzene rings is 2. The van der Waals surface area contributed by atoms with E-state index in [1.54, 1.807) is 24.3 Å². The summed E-state index contributed by atoms with van der Waals surface area (Å²) >= 11 is 0. The van der Waals surface area contributed by atoms with Crippen LogP contribution in [0.2, 0.25) is 0 Å². The number of pyridine rings is 1. The van der Waals surface area contributed by atoms with Gasteiger partial charge in [0.15, 0.2) is 0 Å². The molecule has 1 aliphatic heterocycles. The molecular weight excluding hydrogens is 530 g/mol. The normalized spacial score (nSPS) is 13.4. The van der Waals surface area contributed by atoms with E-state index in [2.05, 4.69) is 14.6 Å². The van der Waals surface area contributed by atoms with Crippen molar-refractivity contribution in [2.24, 2.45) is 0 Å². The summed E-state index contributed by atoms with van der Waals surface area (Å²) in [6.45, 7) is 2.63. The van der Waals surface area contributed by atoms with E-state index in [9.17, 15) is 22.7 Å². The molecule has 3 aromatic rings. The third kappa shape index (κ3) is 6.75. The van der Waals surface area contributed by atoms with Gasteiger partial charge in [-0.15, -0.1) is 37.2 Å². The number of sulfonamides is 1. The molecule has 0 spiro atoms. The van der Waals surface area contributed by atoms with Gasteiger partial charge in [-0.2, -0.15) is 0 Å². The predicted octanol–water partition coefficient (Wildman–Crippen LogP) is 4.04. The van der Waals surface area contributed by atoms with E-state index in [0.717, 1.165) is 11.9 Å². The van der Waals surface area contributed by atoms with Gasteiger partial charge >= 0.3 is 5.97 Å². The Balaban J connectivity index is 0.00000193. The van der Waals surface area contributed by atoms with Crippen LogP contribution in [0.3, 0.4) is 0 Å². The highest BCUT2D eigenvalue weighted by Crippen LogP contribution is 2.27. The number of aromatic carboxylic acids is 1. The number of carboxylic acids is 1. The smallest absolute Gasteiger partial charge is 0.336 e. The molecule has 0 amide bonds. The quantitative estimate of drug-likeness (QED) is 0.492. The van der Waals surface area contributed by atoms with Crippen LogP contribution >= 0.6 is 37.2 Å². The first-order chi connectivity index (χ1) is 14.7. The molecule has 1 aromatic heterocycles. The minimum absolute atomic E-state index is 0. The van der Waals surface area contributed by atoms with Crippen molar-refractivity contribution in [2.45, 2.75) is 0 Å². The maximum absolute atomic E-state index is 13.2. The van der Waals surface area contributed by atoms with Gasteiger partial charge in [-0.3, -0.25) is 4.72 Å². The molecule has 186 valence electrons. The van der Waals surface area contributed by atoms with Crippen molar-refractivity contribution >= 4 is 81.3 Å². The van der Waals surface area contributed by atoms with E-state index in [1.165, 1.54) is 24.3 Å². The topological polar surface area (TPSA) is 103 Å². The third-order valence-electron chi connectivity index (χ3n) is 5.12. The molecule has 0 bridgehead atoms. The summed E-state index contributed by atoms with van der Waals surface area (Å²) < 4.78 is 38.5.